The molecule has 0 bridgehead atoms. The van der Waals surface area contributed by atoms with Crippen LogP contribution in [0.3, 0.4) is 0 Å². The number of rotatable bonds is 3. The van der Waals surface area contributed by atoms with Crippen molar-refractivity contribution in [3.8, 4) is 0 Å². The van der Waals surface area contributed by atoms with Crippen molar-refractivity contribution >= 4 is 16.8 Å². The van der Waals surface area contributed by atoms with Crippen LogP contribution in [0.25, 0.3) is 0 Å². The number of guanidine groups is 1. The van der Waals surface area contributed by atoms with Crippen LogP contribution in [0.5, 0.6) is 0 Å². The molecule has 0 spiro atoms. The van der Waals surface area contributed by atoms with Gasteiger partial charge in [-0.05, 0) is 0 Å². The second-order valence-electron chi connectivity index (χ2n) is 2.83. The summed E-state index contributed by atoms with van der Waals surface area (Å²) in [6.07, 6.45) is 1.71. The third-order valence-corrected chi connectivity index (χ3v) is 2.51. The third kappa shape index (κ3) is 2.81. The average Bonchev–Trinajstić information content (AvgIpc) is 2.36. The molecule has 1 N–H and O–H groups in total. The van der Waals surface area contributed by atoms with Crippen LogP contribution < -0.4 is 5.32 Å². The molecule has 1 rings (SSSR count). The van der Waals surface area contributed by atoms with Gasteiger partial charge in [0.15, 0.2) is 5.96 Å². The lowest BCUT2D eigenvalue weighted by atomic mass is 10.6. The first kappa shape index (κ1) is 9.51. The lowest BCUT2D eigenvalue weighted by Crippen LogP contribution is -2.37. The molecular weight excluding hydrogens is 174 g/mol. The van der Waals surface area contributed by atoms with Gasteiger partial charge in [-0.15, -0.1) is 0 Å². The van der Waals surface area contributed by atoms with Gasteiger partial charge in [0.2, 0.25) is 0 Å². The molecule has 5 heteroatoms. The molecule has 4 nitrogen and oxygen atoms in total. The third-order valence-electron chi connectivity index (χ3n) is 1.73. The van der Waals surface area contributed by atoms with Crippen LogP contribution in [0.4, 0.5) is 0 Å². The summed E-state index contributed by atoms with van der Waals surface area (Å²) in [5.41, 5.74) is 0. The molecule has 70 valence electrons. The maximum atomic E-state index is 10.7. The van der Waals surface area contributed by atoms with E-state index in [0.717, 1.165) is 25.6 Å². The predicted molar refractivity (Wildman–Crippen MR) is 51.9 cm³/mol. The monoisotopic (exact) mass is 189 g/mol. The Morgan fingerprint density at radius 3 is 3.00 bits per heavy atom. The predicted octanol–water partition coefficient (Wildman–Crippen LogP) is -0.744. The van der Waals surface area contributed by atoms with Crippen LogP contribution in [-0.2, 0) is 10.8 Å². The highest BCUT2D eigenvalue weighted by atomic mass is 32.2. The fourth-order valence-electron chi connectivity index (χ4n) is 1.03. The molecule has 0 saturated heterocycles. The lowest BCUT2D eigenvalue weighted by molar-refractivity contribution is 0.536. The SMILES string of the molecule is CN1CCN=C1NCCS(C)=O. The molecule has 0 saturated carbocycles. The van der Waals surface area contributed by atoms with E-state index in [1.165, 1.54) is 0 Å². The van der Waals surface area contributed by atoms with Crippen molar-refractivity contribution in [1.82, 2.24) is 10.2 Å². The molecule has 1 aliphatic rings. The van der Waals surface area contributed by atoms with E-state index in [4.69, 9.17) is 0 Å². The zero-order valence-corrected chi connectivity index (χ0v) is 8.36. The lowest BCUT2D eigenvalue weighted by Gasteiger charge is -2.14. The van der Waals surface area contributed by atoms with Crippen molar-refractivity contribution in [2.24, 2.45) is 4.99 Å². The van der Waals surface area contributed by atoms with E-state index < -0.39 is 10.8 Å². The average molecular weight is 189 g/mol. The van der Waals surface area contributed by atoms with Crippen molar-refractivity contribution in [1.29, 1.82) is 0 Å². The molecule has 0 amide bonds. The summed E-state index contributed by atoms with van der Waals surface area (Å²) >= 11 is 0. The Morgan fingerprint density at radius 1 is 1.75 bits per heavy atom. The molecule has 12 heavy (non-hydrogen) atoms. The van der Waals surface area contributed by atoms with Crippen LogP contribution in [0.2, 0.25) is 0 Å². The van der Waals surface area contributed by atoms with Crippen LogP contribution in [0.15, 0.2) is 4.99 Å². The van der Waals surface area contributed by atoms with Gasteiger partial charge in [0.1, 0.15) is 0 Å². The molecule has 0 aromatic rings. The van der Waals surface area contributed by atoms with Gasteiger partial charge in [-0.1, -0.05) is 0 Å². The number of hydrogen-bond acceptors (Lipinski definition) is 4. The van der Waals surface area contributed by atoms with E-state index >= 15 is 0 Å². The van der Waals surface area contributed by atoms with Gasteiger partial charge in [0, 0.05) is 42.9 Å². The Bertz CT molecular complexity index is 205. The van der Waals surface area contributed by atoms with Gasteiger partial charge in [0.25, 0.3) is 0 Å². The molecule has 1 atom stereocenters. The maximum Gasteiger partial charge on any atom is 0.193 e. The van der Waals surface area contributed by atoms with Gasteiger partial charge < -0.3 is 10.2 Å². The van der Waals surface area contributed by atoms with Gasteiger partial charge >= 0.3 is 0 Å². The fourth-order valence-corrected chi connectivity index (χ4v) is 1.42. The molecule has 0 aromatic carbocycles. The highest BCUT2D eigenvalue weighted by molar-refractivity contribution is 7.84. The number of aliphatic imine (C=N–C) groups is 1. The first-order chi connectivity index (χ1) is 5.70. The topological polar surface area (TPSA) is 44.7 Å². The van der Waals surface area contributed by atoms with Crippen molar-refractivity contribution in [3.63, 3.8) is 0 Å². The minimum atomic E-state index is -0.713. The van der Waals surface area contributed by atoms with E-state index in [-0.39, 0.29) is 0 Å². The van der Waals surface area contributed by atoms with Crippen LogP contribution in [0.1, 0.15) is 0 Å². The highest BCUT2D eigenvalue weighted by Gasteiger charge is 2.10. The second kappa shape index (κ2) is 4.45. The summed E-state index contributed by atoms with van der Waals surface area (Å²) in [7, 11) is 1.29. The van der Waals surface area contributed by atoms with E-state index in [9.17, 15) is 4.21 Å². The van der Waals surface area contributed by atoms with Crippen LogP contribution in [0, 0.1) is 0 Å². The Morgan fingerprint density at radius 2 is 2.50 bits per heavy atom. The normalized spacial score (nSPS) is 19.2. The Balaban J connectivity index is 2.19. The minimum Gasteiger partial charge on any atom is -0.355 e. The van der Waals surface area contributed by atoms with Crippen molar-refractivity contribution in [3.05, 3.63) is 0 Å². The molecule has 0 aromatic heterocycles. The van der Waals surface area contributed by atoms with Crippen molar-refractivity contribution in [2.45, 2.75) is 0 Å². The molecule has 0 radical (unpaired) electrons. The fraction of sp³-hybridized carbons (Fsp3) is 0.857. The molecular formula is C7H15N3OS. The van der Waals surface area contributed by atoms with Crippen LogP contribution in [-0.4, -0.2) is 53.8 Å². The summed E-state index contributed by atoms with van der Waals surface area (Å²) in [6, 6.07) is 0. The van der Waals surface area contributed by atoms with Gasteiger partial charge in [-0.25, -0.2) is 0 Å². The first-order valence-corrected chi connectivity index (χ1v) is 5.72. The van der Waals surface area contributed by atoms with E-state index in [2.05, 4.69) is 15.2 Å². The van der Waals surface area contributed by atoms with E-state index in [1.807, 2.05) is 7.05 Å². The summed E-state index contributed by atoms with van der Waals surface area (Å²) in [5.74, 6) is 1.62. The molecule has 1 unspecified atom stereocenters. The Labute approximate surface area is 75.5 Å². The second-order valence-corrected chi connectivity index (χ2v) is 4.39. The van der Waals surface area contributed by atoms with Gasteiger partial charge in [0.05, 0.1) is 6.54 Å². The number of hydrogen-bond donors (Lipinski definition) is 1. The standard InChI is InChI=1S/C7H15N3OS/c1-10-5-3-8-7(10)9-4-6-12(2)11/h3-6H2,1-2H3,(H,8,9). The van der Waals surface area contributed by atoms with E-state index in [1.54, 1.807) is 6.26 Å². The van der Waals surface area contributed by atoms with Crippen molar-refractivity contribution < 1.29 is 4.21 Å². The smallest absolute Gasteiger partial charge is 0.193 e. The first-order valence-electron chi connectivity index (χ1n) is 3.99. The number of likely N-dealkylation sites (N-methyl/N-ethyl adjacent to an activating group) is 1. The highest BCUT2D eigenvalue weighted by Crippen LogP contribution is 1.93. The molecule has 0 fully saturated rings. The summed E-state index contributed by atoms with van der Waals surface area (Å²) < 4.78 is 10.7. The van der Waals surface area contributed by atoms with Gasteiger partial charge in [-0.3, -0.25) is 9.20 Å². The van der Waals surface area contributed by atoms with Crippen molar-refractivity contribution in [2.75, 3.05) is 38.7 Å². The molecule has 1 heterocycles. The summed E-state index contributed by atoms with van der Waals surface area (Å²) in [5, 5.41) is 3.15. The molecule has 1 aliphatic heterocycles. The zero-order valence-electron chi connectivity index (χ0n) is 7.54. The zero-order chi connectivity index (χ0) is 8.97. The number of nitrogens with one attached hydrogen (secondary N) is 1. The molecule has 0 aliphatic carbocycles. The van der Waals surface area contributed by atoms with Gasteiger partial charge in [-0.2, -0.15) is 0 Å². The Kier molecular flexibility index (Phi) is 3.52. The minimum absolute atomic E-state index is 0.687. The van der Waals surface area contributed by atoms with E-state index in [0.29, 0.717) is 5.75 Å². The maximum absolute atomic E-state index is 10.7. The summed E-state index contributed by atoms with van der Waals surface area (Å²) in [4.78, 5) is 6.31. The Hall–Kier alpha value is -0.580. The quantitative estimate of drug-likeness (QED) is 0.636. The summed E-state index contributed by atoms with van der Waals surface area (Å²) in [6.45, 7) is 2.60. The number of nitrogens with zero attached hydrogens (tertiary/aromatic N) is 2. The largest absolute Gasteiger partial charge is 0.355 e. The van der Waals surface area contributed by atoms with Crippen LogP contribution >= 0.6 is 0 Å².